The van der Waals surface area contributed by atoms with Crippen molar-refractivity contribution in [3.63, 3.8) is 0 Å². The second-order valence-electron chi connectivity index (χ2n) is 5.33. The van der Waals surface area contributed by atoms with Crippen LogP contribution in [0.4, 0.5) is 0 Å². The molecule has 0 fully saturated rings. The number of carbonyl (C=O) groups is 1. The zero-order chi connectivity index (χ0) is 16.8. The van der Waals surface area contributed by atoms with E-state index in [-0.39, 0.29) is 0 Å². The molecule has 0 spiro atoms. The van der Waals surface area contributed by atoms with Crippen molar-refractivity contribution in [1.82, 2.24) is 0 Å². The van der Waals surface area contributed by atoms with Crippen molar-refractivity contribution in [3.05, 3.63) is 41.5 Å². The minimum Gasteiger partial charge on any atom is -0.497 e. The highest BCUT2D eigenvalue weighted by Gasteiger charge is 2.12. The molecule has 4 nitrogen and oxygen atoms in total. The highest BCUT2D eigenvalue weighted by Crippen LogP contribution is 2.35. The first-order valence-corrected chi connectivity index (χ1v) is 7.69. The summed E-state index contributed by atoms with van der Waals surface area (Å²) in [5, 5.41) is 11.0. The number of carboxylic acid groups (broad SMARTS) is 1. The molecular formula is C19H22O4. The Labute approximate surface area is 136 Å². The molecule has 2 aromatic rings. The highest BCUT2D eigenvalue weighted by molar-refractivity contribution is 5.96. The van der Waals surface area contributed by atoms with E-state index in [2.05, 4.69) is 6.92 Å². The lowest BCUT2D eigenvalue weighted by atomic mass is 9.93. The SMILES string of the molecule is CCCCc1c(C=CC(=O)O)cc(OC)c2ccc(OC)cc12. The number of aryl methyl sites for hydroxylation is 1. The Morgan fingerprint density at radius 1 is 1.17 bits per heavy atom. The minimum absolute atomic E-state index is 0.730. The summed E-state index contributed by atoms with van der Waals surface area (Å²) in [5.74, 6) is 0.542. The number of aliphatic carboxylic acids is 1. The van der Waals surface area contributed by atoms with Gasteiger partial charge in [-0.1, -0.05) is 13.3 Å². The van der Waals surface area contributed by atoms with Crippen LogP contribution in [-0.4, -0.2) is 25.3 Å². The molecule has 0 heterocycles. The van der Waals surface area contributed by atoms with E-state index in [4.69, 9.17) is 14.6 Å². The molecule has 2 rings (SSSR count). The molecule has 4 heteroatoms. The molecule has 0 bridgehead atoms. The summed E-state index contributed by atoms with van der Waals surface area (Å²) in [6.07, 6.45) is 5.78. The normalized spacial score (nSPS) is 11.1. The van der Waals surface area contributed by atoms with Crippen LogP contribution in [0.2, 0.25) is 0 Å². The first kappa shape index (κ1) is 16.9. The molecule has 122 valence electrons. The van der Waals surface area contributed by atoms with E-state index in [1.54, 1.807) is 20.3 Å². The van der Waals surface area contributed by atoms with Crippen molar-refractivity contribution in [2.45, 2.75) is 26.2 Å². The first-order valence-electron chi connectivity index (χ1n) is 7.69. The Morgan fingerprint density at radius 2 is 1.96 bits per heavy atom. The number of hydrogen-bond donors (Lipinski definition) is 1. The Kier molecular flexibility index (Phi) is 5.63. The summed E-state index contributed by atoms with van der Waals surface area (Å²) in [6.45, 7) is 2.14. The zero-order valence-corrected chi connectivity index (χ0v) is 13.8. The van der Waals surface area contributed by atoms with E-state index in [1.807, 2.05) is 24.3 Å². The summed E-state index contributed by atoms with van der Waals surface area (Å²) >= 11 is 0. The topological polar surface area (TPSA) is 55.8 Å². The largest absolute Gasteiger partial charge is 0.497 e. The zero-order valence-electron chi connectivity index (χ0n) is 13.8. The van der Waals surface area contributed by atoms with E-state index in [0.29, 0.717) is 0 Å². The van der Waals surface area contributed by atoms with Gasteiger partial charge in [-0.15, -0.1) is 0 Å². The number of hydrogen-bond acceptors (Lipinski definition) is 3. The fourth-order valence-electron chi connectivity index (χ4n) is 2.69. The molecule has 0 aliphatic carbocycles. The molecule has 23 heavy (non-hydrogen) atoms. The third-order valence-corrected chi connectivity index (χ3v) is 3.86. The number of carboxylic acids is 1. The fraction of sp³-hybridized carbons (Fsp3) is 0.316. The van der Waals surface area contributed by atoms with E-state index >= 15 is 0 Å². The fourth-order valence-corrected chi connectivity index (χ4v) is 2.69. The lowest BCUT2D eigenvalue weighted by Crippen LogP contribution is -1.97. The average molecular weight is 314 g/mol. The Balaban J connectivity index is 2.72. The number of ether oxygens (including phenoxy) is 2. The standard InChI is InChI=1S/C19H22O4/c1-4-5-6-15-13(7-10-19(20)21)11-18(23-3)16-9-8-14(22-2)12-17(15)16/h7-12H,4-6H2,1-3H3,(H,20,21). The van der Waals surface area contributed by atoms with E-state index in [9.17, 15) is 4.79 Å². The van der Waals surface area contributed by atoms with Crippen molar-refractivity contribution in [3.8, 4) is 11.5 Å². The van der Waals surface area contributed by atoms with Crippen LogP contribution in [0.25, 0.3) is 16.8 Å². The van der Waals surface area contributed by atoms with Gasteiger partial charge < -0.3 is 14.6 Å². The smallest absolute Gasteiger partial charge is 0.328 e. The van der Waals surface area contributed by atoms with E-state index in [0.717, 1.165) is 58.7 Å². The van der Waals surface area contributed by atoms with Crippen LogP contribution in [0.15, 0.2) is 30.3 Å². The predicted octanol–water partition coefficient (Wildman–Crippen LogP) is 4.30. The van der Waals surface area contributed by atoms with E-state index in [1.165, 1.54) is 0 Å². The van der Waals surface area contributed by atoms with Crippen LogP contribution in [-0.2, 0) is 11.2 Å². The van der Waals surface area contributed by atoms with Gasteiger partial charge in [-0.3, -0.25) is 0 Å². The summed E-state index contributed by atoms with van der Waals surface area (Å²) < 4.78 is 10.8. The van der Waals surface area contributed by atoms with Crippen molar-refractivity contribution in [1.29, 1.82) is 0 Å². The molecule has 0 saturated heterocycles. The molecular weight excluding hydrogens is 292 g/mol. The lowest BCUT2D eigenvalue weighted by molar-refractivity contribution is -0.131. The van der Waals surface area contributed by atoms with Gasteiger partial charge in [0.25, 0.3) is 0 Å². The predicted molar refractivity (Wildman–Crippen MR) is 92.3 cm³/mol. The maximum absolute atomic E-state index is 10.9. The number of benzene rings is 2. The monoisotopic (exact) mass is 314 g/mol. The van der Waals surface area contributed by atoms with Gasteiger partial charge in [0.2, 0.25) is 0 Å². The third-order valence-electron chi connectivity index (χ3n) is 3.86. The van der Waals surface area contributed by atoms with Crippen LogP contribution in [0, 0.1) is 0 Å². The molecule has 0 radical (unpaired) electrons. The molecule has 0 amide bonds. The summed E-state index contributed by atoms with van der Waals surface area (Å²) in [4.78, 5) is 10.9. The summed E-state index contributed by atoms with van der Waals surface area (Å²) in [6, 6.07) is 7.77. The second-order valence-corrected chi connectivity index (χ2v) is 5.33. The second kappa shape index (κ2) is 7.68. The molecule has 0 unspecified atom stereocenters. The highest BCUT2D eigenvalue weighted by atomic mass is 16.5. The van der Waals surface area contributed by atoms with Crippen molar-refractivity contribution in [2.24, 2.45) is 0 Å². The maximum atomic E-state index is 10.9. The molecule has 0 aromatic heterocycles. The van der Waals surface area contributed by atoms with Crippen molar-refractivity contribution < 1.29 is 19.4 Å². The van der Waals surface area contributed by atoms with Gasteiger partial charge in [0.15, 0.2) is 0 Å². The molecule has 0 saturated carbocycles. The van der Waals surface area contributed by atoms with Gasteiger partial charge in [-0.25, -0.2) is 4.79 Å². The van der Waals surface area contributed by atoms with Crippen molar-refractivity contribution >= 4 is 22.8 Å². The van der Waals surface area contributed by atoms with Crippen molar-refractivity contribution in [2.75, 3.05) is 14.2 Å². The van der Waals surface area contributed by atoms with Gasteiger partial charge in [-0.2, -0.15) is 0 Å². The van der Waals surface area contributed by atoms with Crippen LogP contribution in [0.5, 0.6) is 11.5 Å². The van der Waals surface area contributed by atoms with Gasteiger partial charge in [0.05, 0.1) is 14.2 Å². The van der Waals surface area contributed by atoms with Gasteiger partial charge >= 0.3 is 5.97 Å². The molecule has 0 atom stereocenters. The summed E-state index contributed by atoms with van der Waals surface area (Å²) in [5.41, 5.74) is 2.00. The van der Waals surface area contributed by atoms with Gasteiger partial charge in [0.1, 0.15) is 11.5 Å². The van der Waals surface area contributed by atoms with Crippen LogP contribution < -0.4 is 9.47 Å². The molecule has 0 aliphatic heterocycles. The lowest BCUT2D eigenvalue weighted by Gasteiger charge is -2.15. The number of unbranched alkanes of at least 4 members (excludes halogenated alkanes) is 1. The van der Waals surface area contributed by atoms with Crippen LogP contribution in [0.3, 0.4) is 0 Å². The number of rotatable bonds is 7. The maximum Gasteiger partial charge on any atom is 0.328 e. The third kappa shape index (κ3) is 3.83. The van der Waals surface area contributed by atoms with E-state index < -0.39 is 5.97 Å². The van der Waals surface area contributed by atoms with Crippen LogP contribution >= 0.6 is 0 Å². The van der Waals surface area contributed by atoms with Crippen LogP contribution in [0.1, 0.15) is 30.9 Å². The first-order chi connectivity index (χ1) is 11.1. The molecule has 1 N–H and O–H groups in total. The number of fused-ring (bicyclic) bond motifs is 1. The van der Waals surface area contributed by atoms with Gasteiger partial charge in [-0.05, 0) is 59.7 Å². The Morgan fingerprint density at radius 3 is 2.57 bits per heavy atom. The average Bonchev–Trinajstić information content (AvgIpc) is 2.57. The quantitative estimate of drug-likeness (QED) is 0.774. The molecule has 2 aromatic carbocycles. The number of methoxy groups -OCH3 is 2. The Hall–Kier alpha value is -2.49. The minimum atomic E-state index is -0.962. The molecule has 0 aliphatic rings. The summed E-state index contributed by atoms with van der Waals surface area (Å²) in [7, 11) is 3.26. The Bertz CT molecular complexity index is 732. The van der Waals surface area contributed by atoms with Gasteiger partial charge in [0, 0.05) is 11.5 Å².